The molecular formula is C31H21N. The van der Waals surface area contributed by atoms with E-state index in [1.807, 2.05) is 0 Å². The van der Waals surface area contributed by atoms with E-state index in [1.54, 1.807) is 0 Å². The zero-order valence-electron chi connectivity index (χ0n) is 17.7. The first-order valence-electron chi connectivity index (χ1n) is 11.2. The van der Waals surface area contributed by atoms with Crippen LogP contribution < -0.4 is 0 Å². The summed E-state index contributed by atoms with van der Waals surface area (Å²) in [4.78, 5) is 5.19. The summed E-state index contributed by atoms with van der Waals surface area (Å²) in [6.07, 6.45) is 1.95. The molecule has 0 fully saturated rings. The normalized spacial score (nSPS) is 12.8. The summed E-state index contributed by atoms with van der Waals surface area (Å²) in [5.41, 5.74) is 15.6. The Labute approximate surface area is 188 Å². The zero-order chi connectivity index (χ0) is 21.1. The second kappa shape index (κ2) is 6.77. The predicted molar refractivity (Wildman–Crippen MR) is 132 cm³/mol. The molecule has 0 N–H and O–H groups in total. The number of nitrogens with zero attached hydrogens (tertiary/aromatic N) is 1. The van der Waals surface area contributed by atoms with Crippen LogP contribution in [0.4, 0.5) is 0 Å². The van der Waals surface area contributed by atoms with Crippen LogP contribution in [-0.4, -0.2) is 4.98 Å². The quantitative estimate of drug-likeness (QED) is 0.288. The van der Waals surface area contributed by atoms with Crippen LogP contribution >= 0.6 is 0 Å². The van der Waals surface area contributed by atoms with Crippen LogP contribution in [0, 0.1) is 0 Å². The van der Waals surface area contributed by atoms with Gasteiger partial charge in [0.1, 0.15) is 0 Å². The highest BCUT2D eigenvalue weighted by atomic mass is 14.7. The van der Waals surface area contributed by atoms with Crippen molar-refractivity contribution < 1.29 is 0 Å². The molecule has 0 amide bonds. The molecule has 2 aliphatic rings. The number of hydrogen-bond acceptors (Lipinski definition) is 1. The maximum atomic E-state index is 5.19. The topological polar surface area (TPSA) is 12.9 Å². The van der Waals surface area contributed by atoms with Crippen LogP contribution in [0.1, 0.15) is 22.3 Å². The third kappa shape index (κ3) is 2.55. The lowest BCUT2D eigenvalue weighted by Gasteiger charge is -2.12. The number of aromatic nitrogens is 1. The molecule has 0 aliphatic heterocycles. The van der Waals surface area contributed by atoms with Crippen molar-refractivity contribution in [2.75, 3.05) is 0 Å². The lowest BCUT2D eigenvalue weighted by molar-refractivity contribution is 1.22. The van der Waals surface area contributed by atoms with E-state index in [0.717, 1.165) is 24.2 Å². The molecule has 150 valence electrons. The lowest BCUT2D eigenvalue weighted by atomic mass is 9.96. The third-order valence-corrected chi connectivity index (χ3v) is 7.00. The van der Waals surface area contributed by atoms with E-state index in [1.165, 1.54) is 55.6 Å². The molecule has 0 bridgehead atoms. The maximum Gasteiger partial charge on any atom is 0.0712 e. The second-order valence-corrected chi connectivity index (χ2v) is 8.74. The van der Waals surface area contributed by atoms with Gasteiger partial charge in [0.15, 0.2) is 0 Å². The van der Waals surface area contributed by atoms with Crippen molar-refractivity contribution in [2.24, 2.45) is 0 Å². The molecule has 1 heteroatoms. The van der Waals surface area contributed by atoms with Gasteiger partial charge in [0.25, 0.3) is 0 Å². The average Bonchev–Trinajstić information content (AvgIpc) is 3.42. The van der Waals surface area contributed by atoms with Gasteiger partial charge in [-0.15, -0.1) is 0 Å². The Hall–Kier alpha value is -3.97. The summed E-state index contributed by atoms with van der Waals surface area (Å²) in [6, 6.07) is 37.2. The highest BCUT2D eigenvalue weighted by Gasteiger charge is 2.23. The summed E-state index contributed by atoms with van der Waals surface area (Å²) < 4.78 is 0. The number of benzene rings is 4. The predicted octanol–water partition coefficient (Wildman–Crippen LogP) is 7.56. The Morgan fingerprint density at radius 3 is 1.31 bits per heavy atom. The number of rotatable bonds is 2. The smallest absolute Gasteiger partial charge is 0.0712 e. The summed E-state index contributed by atoms with van der Waals surface area (Å²) in [7, 11) is 0. The molecular weight excluding hydrogens is 386 g/mol. The maximum absolute atomic E-state index is 5.19. The Balaban J connectivity index is 1.35. The third-order valence-electron chi connectivity index (χ3n) is 7.00. The van der Waals surface area contributed by atoms with Crippen molar-refractivity contribution in [2.45, 2.75) is 12.8 Å². The summed E-state index contributed by atoms with van der Waals surface area (Å²) in [5, 5.41) is 0. The summed E-state index contributed by atoms with van der Waals surface area (Å²) in [5.74, 6) is 0. The van der Waals surface area contributed by atoms with Crippen molar-refractivity contribution in [3.63, 3.8) is 0 Å². The van der Waals surface area contributed by atoms with Crippen molar-refractivity contribution in [1.29, 1.82) is 0 Å². The van der Waals surface area contributed by atoms with Crippen LogP contribution in [-0.2, 0) is 12.8 Å². The van der Waals surface area contributed by atoms with Gasteiger partial charge in [-0.1, -0.05) is 91.0 Å². The number of fused-ring (bicyclic) bond motifs is 6. The van der Waals surface area contributed by atoms with Gasteiger partial charge >= 0.3 is 0 Å². The molecule has 0 atom stereocenters. The van der Waals surface area contributed by atoms with E-state index in [2.05, 4.69) is 103 Å². The van der Waals surface area contributed by atoms with Crippen molar-refractivity contribution in [3.8, 4) is 44.8 Å². The highest BCUT2D eigenvalue weighted by Crippen LogP contribution is 2.43. The Kier molecular flexibility index (Phi) is 3.74. The standard InChI is InChI=1S/C31H21N/c1-3-10-22-20(8-1)18-28-24(22)12-5-14-26(28)30-16-7-17-31(32-30)27-15-6-13-25-23-11-4-2-9-21(23)19-29(25)27/h1-17H,18-19H2. The molecule has 0 saturated heterocycles. The molecule has 0 spiro atoms. The minimum Gasteiger partial charge on any atom is -0.248 e. The minimum atomic E-state index is 0.976. The molecule has 1 heterocycles. The van der Waals surface area contributed by atoms with Crippen LogP contribution in [0.3, 0.4) is 0 Å². The molecule has 32 heavy (non-hydrogen) atoms. The van der Waals surface area contributed by atoms with Crippen molar-refractivity contribution in [3.05, 3.63) is 125 Å². The largest absolute Gasteiger partial charge is 0.248 e. The van der Waals surface area contributed by atoms with E-state index in [-0.39, 0.29) is 0 Å². The SMILES string of the molecule is c1cc(-c2cccc3c2Cc2ccccc2-3)nc(-c2cccc3c2Cc2ccccc2-3)c1. The van der Waals surface area contributed by atoms with E-state index in [0.29, 0.717) is 0 Å². The van der Waals surface area contributed by atoms with Crippen LogP contribution in [0.2, 0.25) is 0 Å². The minimum absolute atomic E-state index is 0.976. The van der Waals surface area contributed by atoms with Crippen molar-refractivity contribution in [1.82, 2.24) is 4.98 Å². The van der Waals surface area contributed by atoms with Gasteiger partial charge in [-0.25, -0.2) is 4.98 Å². The molecule has 0 radical (unpaired) electrons. The Morgan fingerprint density at radius 2 is 0.781 bits per heavy atom. The van der Waals surface area contributed by atoms with Gasteiger partial charge in [0.2, 0.25) is 0 Å². The van der Waals surface area contributed by atoms with E-state index in [4.69, 9.17) is 4.98 Å². The van der Waals surface area contributed by atoms with Crippen LogP contribution in [0.5, 0.6) is 0 Å². The molecule has 0 saturated carbocycles. The highest BCUT2D eigenvalue weighted by molar-refractivity contribution is 5.86. The van der Waals surface area contributed by atoms with Gasteiger partial charge < -0.3 is 0 Å². The molecule has 1 nitrogen and oxygen atoms in total. The van der Waals surface area contributed by atoms with E-state index < -0.39 is 0 Å². The molecule has 4 aromatic carbocycles. The summed E-state index contributed by atoms with van der Waals surface area (Å²) >= 11 is 0. The second-order valence-electron chi connectivity index (χ2n) is 8.74. The lowest BCUT2D eigenvalue weighted by Crippen LogP contribution is -1.94. The Morgan fingerprint density at radius 1 is 0.375 bits per heavy atom. The molecule has 5 aromatic rings. The Bertz CT molecular complexity index is 1410. The van der Waals surface area contributed by atoms with Gasteiger partial charge in [-0.2, -0.15) is 0 Å². The fraction of sp³-hybridized carbons (Fsp3) is 0.0645. The zero-order valence-corrected chi connectivity index (χ0v) is 17.7. The average molecular weight is 408 g/mol. The first-order chi connectivity index (χ1) is 15.9. The fourth-order valence-electron chi connectivity index (χ4n) is 5.53. The first-order valence-corrected chi connectivity index (χ1v) is 11.2. The fourth-order valence-corrected chi connectivity index (χ4v) is 5.53. The molecule has 0 unspecified atom stereocenters. The van der Waals surface area contributed by atoms with Gasteiger partial charge in [-0.05, 0) is 69.5 Å². The van der Waals surface area contributed by atoms with Crippen molar-refractivity contribution >= 4 is 0 Å². The van der Waals surface area contributed by atoms with Gasteiger partial charge in [0, 0.05) is 11.1 Å². The molecule has 2 aliphatic carbocycles. The van der Waals surface area contributed by atoms with Crippen LogP contribution in [0.25, 0.3) is 44.8 Å². The van der Waals surface area contributed by atoms with Gasteiger partial charge in [0.05, 0.1) is 11.4 Å². The van der Waals surface area contributed by atoms with Gasteiger partial charge in [-0.3, -0.25) is 0 Å². The molecule has 7 rings (SSSR count). The summed E-state index contributed by atoms with van der Waals surface area (Å²) in [6.45, 7) is 0. The number of hydrogen-bond donors (Lipinski definition) is 0. The van der Waals surface area contributed by atoms with E-state index in [9.17, 15) is 0 Å². The number of pyridine rings is 1. The monoisotopic (exact) mass is 407 g/mol. The first kappa shape index (κ1) is 17.7. The van der Waals surface area contributed by atoms with Crippen LogP contribution in [0.15, 0.2) is 103 Å². The molecule has 1 aromatic heterocycles. The van der Waals surface area contributed by atoms with E-state index >= 15 is 0 Å².